The average Bonchev–Trinajstić information content (AvgIpc) is 3.64. The summed E-state index contributed by atoms with van der Waals surface area (Å²) in [6.45, 7) is 24.3. The van der Waals surface area contributed by atoms with Crippen LogP contribution in [0.5, 0.6) is 11.6 Å². The van der Waals surface area contributed by atoms with Crippen LogP contribution in [-0.2, 0) is 40.1 Å². The molecule has 5 atom stereocenters. The number of carbonyl (C=O) groups is 3. The fourth-order valence-corrected chi connectivity index (χ4v) is 12.2. The summed E-state index contributed by atoms with van der Waals surface area (Å²) in [5.41, 5.74) is -1.14. The number of rotatable bonds is 13. The van der Waals surface area contributed by atoms with Gasteiger partial charge in [-0.1, -0.05) is 101 Å². The van der Waals surface area contributed by atoms with Crippen LogP contribution < -0.4 is 14.4 Å². The predicted molar refractivity (Wildman–Crippen MR) is 274 cm³/mol. The highest BCUT2D eigenvalue weighted by Crippen LogP contribution is 2.60. The Morgan fingerprint density at radius 1 is 0.972 bits per heavy atom. The summed E-state index contributed by atoms with van der Waals surface area (Å²) in [6, 6.07) is 17.9. The van der Waals surface area contributed by atoms with Crippen molar-refractivity contribution in [3.8, 4) is 11.6 Å². The Morgan fingerprint density at radius 3 is 2.15 bits per heavy atom. The van der Waals surface area contributed by atoms with Crippen molar-refractivity contribution in [2.75, 3.05) is 32.1 Å². The van der Waals surface area contributed by atoms with Gasteiger partial charge in [-0.3, -0.25) is 24.3 Å². The van der Waals surface area contributed by atoms with E-state index < -0.39 is 71.7 Å². The standard InChI is InChI=1S/C56H71FN4O9Si/c1-14-25-60-30-39-44(57)38-27-36-28-40-46(59(10)11)49-43(52(58-69-49)67-32-35-23-19-16-20-24-35)51(64)56(40,70-71(12,13)55(7,8)9)50(63)41(36)47(62)42(38)48(66-31-34-21-17-15-18-22-34)45(39)61(29-37(60)26-33(2)3)53(65)68-54(4,5)6/h14-24,33,36-37,40,46,62H,1,25-32H2,2-13H3/t36-,37+,40-,46-,56-/m0/s1. The molecular formula is C56H71FN4O9Si. The maximum Gasteiger partial charge on any atom is 0.414 e. The van der Waals surface area contributed by atoms with Gasteiger partial charge in [0.2, 0.25) is 11.6 Å². The number of ether oxygens (including phenoxy) is 3. The summed E-state index contributed by atoms with van der Waals surface area (Å²) in [4.78, 5) is 52.5. The maximum absolute atomic E-state index is 18.4. The summed E-state index contributed by atoms with van der Waals surface area (Å²) >= 11 is 0. The highest BCUT2D eigenvalue weighted by Gasteiger charge is 2.69. The summed E-state index contributed by atoms with van der Waals surface area (Å²) in [5.74, 6) is -3.74. The number of aliphatic hydroxyl groups excluding tert-OH is 1. The molecule has 0 radical (unpaired) electrons. The van der Waals surface area contributed by atoms with Crippen molar-refractivity contribution < 1.29 is 47.0 Å². The van der Waals surface area contributed by atoms with Crippen LogP contribution in [0, 0.1) is 23.6 Å². The van der Waals surface area contributed by atoms with Gasteiger partial charge in [0.15, 0.2) is 25.4 Å². The van der Waals surface area contributed by atoms with Crippen LogP contribution in [0.4, 0.5) is 14.9 Å². The zero-order valence-corrected chi connectivity index (χ0v) is 44.5. The fourth-order valence-electron chi connectivity index (χ4n) is 10.8. The van der Waals surface area contributed by atoms with Crippen molar-refractivity contribution >= 4 is 37.4 Å². The number of anilines is 1. The Labute approximate surface area is 419 Å². The van der Waals surface area contributed by atoms with E-state index in [4.69, 9.17) is 23.2 Å². The van der Waals surface area contributed by atoms with Gasteiger partial charge in [-0.05, 0) is 100 Å². The van der Waals surface area contributed by atoms with E-state index in [1.54, 1.807) is 26.8 Å². The molecule has 1 aliphatic heterocycles. The van der Waals surface area contributed by atoms with E-state index in [1.807, 2.05) is 114 Å². The second kappa shape index (κ2) is 19.4. The molecule has 0 saturated heterocycles. The molecule has 8 rings (SSSR count). The van der Waals surface area contributed by atoms with Crippen molar-refractivity contribution in [2.24, 2.45) is 17.8 Å². The van der Waals surface area contributed by atoms with E-state index in [9.17, 15) is 9.90 Å². The average molecular weight is 991 g/mol. The lowest BCUT2D eigenvalue weighted by Crippen LogP contribution is -2.68. The molecule has 1 saturated carbocycles. The first-order valence-corrected chi connectivity index (χ1v) is 27.8. The summed E-state index contributed by atoms with van der Waals surface area (Å²) in [6.07, 6.45) is 1.83. The SMILES string of the molecule is C=CCN1Cc2c(F)c3c(c(OCc4ccccc4)c2N(C(=O)OC(C)(C)C)C[C@H]1CC(C)C)C(O)=C1C(=O)[C@]2(O[Si](C)(C)C(C)(C)C)C(=O)c4c(OCc5ccccc5)noc4[C@@H](N(C)C)[C@@H]2C[C@@H]1C3. The molecule has 0 unspecified atom stereocenters. The minimum Gasteiger partial charge on any atom is -0.507 e. The van der Waals surface area contributed by atoms with Gasteiger partial charge in [-0.15, -0.1) is 6.58 Å². The largest absolute Gasteiger partial charge is 0.507 e. The van der Waals surface area contributed by atoms with Gasteiger partial charge in [0, 0.05) is 48.3 Å². The van der Waals surface area contributed by atoms with Gasteiger partial charge >= 0.3 is 6.09 Å². The molecule has 13 nitrogen and oxygen atoms in total. The van der Waals surface area contributed by atoms with Gasteiger partial charge in [-0.25, -0.2) is 9.18 Å². The number of Topliss-reactive ketones (excluding diaryl/α,β-unsaturated/α-hetero) is 2. The third kappa shape index (κ3) is 9.50. The fraction of sp³-hybridized carbons (Fsp3) is 0.500. The normalized spacial score (nSPS) is 22.6. The Balaban J connectivity index is 1.39. The van der Waals surface area contributed by atoms with Crippen LogP contribution in [0.3, 0.4) is 0 Å². The van der Waals surface area contributed by atoms with Crippen LogP contribution in [0.2, 0.25) is 18.1 Å². The monoisotopic (exact) mass is 990 g/mol. The number of aliphatic hydroxyl groups is 1. The van der Waals surface area contributed by atoms with Gasteiger partial charge < -0.3 is 28.3 Å². The van der Waals surface area contributed by atoms with E-state index in [0.717, 1.165) is 11.1 Å². The molecule has 0 spiro atoms. The van der Waals surface area contributed by atoms with Gasteiger partial charge in [0.1, 0.15) is 36.0 Å². The van der Waals surface area contributed by atoms with Crippen molar-refractivity contribution in [3.63, 3.8) is 0 Å². The van der Waals surface area contributed by atoms with E-state index in [-0.39, 0.29) is 102 Å². The molecule has 4 aliphatic rings. The smallest absolute Gasteiger partial charge is 0.414 e. The first-order chi connectivity index (χ1) is 33.4. The Hall–Kier alpha value is -5.61. The zero-order valence-electron chi connectivity index (χ0n) is 43.5. The van der Waals surface area contributed by atoms with Crippen LogP contribution in [0.1, 0.15) is 118 Å². The number of hydrogen-bond donors (Lipinski definition) is 1. The number of ketones is 2. The number of amides is 1. The van der Waals surface area contributed by atoms with E-state index in [0.29, 0.717) is 13.0 Å². The molecule has 1 N–H and O–H groups in total. The number of fused-ring (bicyclic) bond motifs is 5. The number of hydrogen-bond acceptors (Lipinski definition) is 12. The third-order valence-corrected chi connectivity index (χ3v) is 19.4. The zero-order chi connectivity index (χ0) is 51.5. The molecule has 1 fully saturated rings. The highest BCUT2D eigenvalue weighted by molar-refractivity contribution is 6.74. The molecule has 1 aromatic heterocycles. The van der Waals surface area contributed by atoms with E-state index in [2.05, 4.69) is 30.5 Å². The molecule has 1 amide bonds. The molecule has 380 valence electrons. The van der Waals surface area contributed by atoms with Gasteiger partial charge in [0.25, 0.3) is 5.88 Å². The first-order valence-electron chi connectivity index (χ1n) is 24.8. The summed E-state index contributed by atoms with van der Waals surface area (Å²) in [7, 11) is 0.620. The van der Waals surface area contributed by atoms with Crippen molar-refractivity contribution in [3.05, 3.63) is 124 Å². The summed E-state index contributed by atoms with van der Waals surface area (Å²) in [5, 5.41) is 17.0. The predicted octanol–water partition coefficient (Wildman–Crippen LogP) is 11.4. The number of nitrogens with zero attached hydrogens (tertiary/aromatic N) is 4. The lowest BCUT2D eigenvalue weighted by atomic mass is 9.57. The Kier molecular flexibility index (Phi) is 14.2. The second-order valence-corrected chi connectivity index (χ2v) is 27.6. The van der Waals surface area contributed by atoms with Crippen molar-refractivity contribution in [2.45, 2.75) is 136 Å². The molecular weight excluding hydrogens is 920 g/mol. The Morgan fingerprint density at radius 2 is 1.59 bits per heavy atom. The molecule has 15 heteroatoms. The number of carbonyl (C=O) groups excluding carboxylic acids is 3. The molecule has 3 aromatic carbocycles. The second-order valence-electron chi connectivity index (χ2n) is 22.9. The molecule has 71 heavy (non-hydrogen) atoms. The van der Waals surface area contributed by atoms with Crippen molar-refractivity contribution in [1.29, 1.82) is 0 Å². The molecule has 3 aliphatic carbocycles. The summed E-state index contributed by atoms with van der Waals surface area (Å²) < 4.78 is 51.0. The first kappa shape index (κ1) is 51.7. The van der Waals surface area contributed by atoms with Gasteiger partial charge in [-0.2, -0.15) is 0 Å². The molecule has 0 bridgehead atoms. The van der Waals surface area contributed by atoms with Crippen LogP contribution in [0.15, 0.2) is 83.4 Å². The highest BCUT2D eigenvalue weighted by atomic mass is 28.4. The van der Waals surface area contributed by atoms with Crippen LogP contribution >= 0.6 is 0 Å². The Bertz CT molecular complexity index is 2720. The lowest BCUT2D eigenvalue weighted by molar-refractivity contribution is -0.140. The van der Waals surface area contributed by atoms with E-state index >= 15 is 14.0 Å². The lowest BCUT2D eigenvalue weighted by Gasteiger charge is -2.55. The van der Waals surface area contributed by atoms with Crippen LogP contribution in [0.25, 0.3) is 5.76 Å². The molecule has 4 aromatic rings. The minimum atomic E-state index is -3.08. The maximum atomic E-state index is 18.4. The van der Waals surface area contributed by atoms with Gasteiger partial charge in [0.05, 0.1) is 17.3 Å². The number of halogens is 1. The minimum absolute atomic E-state index is 0.00831. The number of aromatic nitrogens is 1. The van der Waals surface area contributed by atoms with Crippen LogP contribution in [-0.4, -0.2) is 90.5 Å². The quantitative estimate of drug-likeness (QED) is 0.0773. The third-order valence-electron chi connectivity index (χ3n) is 14.9. The van der Waals surface area contributed by atoms with Crippen molar-refractivity contribution in [1.82, 2.24) is 15.0 Å². The van der Waals surface area contributed by atoms with E-state index in [1.165, 1.54) is 4.90 Å². The topological polar surface area (TPSA) is 144 Å². The molecule has 2 heterocycles. The number of benzene rings is 3.